The molecule has 4 aromatic rings. The largest absolute Gasteiger partial charge is 0.477 e. The van der Waals surface area contributed by atoms with Gasteiger partial charge in [0.05, 0.1) is 26.0 Å². The standard InChI is InChI=1S/C12H14N2O2S.C10H10N2O2S/c1-3-16-12(15)8-6(2)9-10(13-8)14-11(17-9)7-4-5-7;1-4-6(10(13)14)11-8-7(4)15-9(12-8)5-2-3-5/h7,13H,3-5H2,1-2H3;5,11H,2-3H2,1H3,(H,13,14). The molecule has 0 saturated heterocycles. The summed E-state index contributed by atoms with van der Waals surface area (Å²) in [5.74, 6) is 0.0866. The van der Waals surface area contributed by atoms with E-state index in [2.05, 4.69) is 19.9 Å². The number of carboxylic acids is 1. The SMILES string of the molecule is CCOC(=O)c1[nH]c2nc(C3CC3)sc2c1C.Cc1c(C(=O)O)[nH]c2nc(C3CC3)sc12. The van der Waals surface area contributed by atoms with Crippen LogP contribution in [0.5, 0.6) is 0 Å². The summed E-state index contributed by atoms with van der Waals surface area (Å²) in [5.41, 5.74) is 4.15. The molecule has 2 aliphatic carbocycles. The first-order valence-corrected chi connectivity index (χ1v) is 12.4. The number of fused-ring (bicyclic) bond motifs is 2. The third kappa shape index (κ3) is 3.81. The van der Waals surface area contributed by atoms with E-state index < -0.39 is 5.97 Å². The summed E-state index contributed by atoms with van der Waals surface area (Å²) in [6.45, 7) is 5.98. The third-order valence-electron chi connectivity index (χ3n) is 5.75. The molecule has 2 fully saturated rings. The van der Waals surface area contributed by atoms with Crippen LogP contribution >= 0.6 is 22.7 Å². The molecule has 2 saturated carbocycles. The number of aromatic carboxylic acids is 1. The number of aromatic nitrogens is 4. The van der Waals surface area contributed by atoms with E-state index in [1.54, 1.807) is 22.7 Å². The Morgan fingerprint density at radius 3 is 1.81 bits per heavy atom. The molecular formula is C22H24N4O4S2. The van der Waals surface area contributed by atoms with Gasteiger partial charge in [0.1, 0.15) is 22.7 Å². The van der Waals surface area contributed by atoms with Gasteiger partial charge >= 0.3 is 11.9 Å². The van der Waals surface area contributed by atoms with Gasteiger partial charge in [-0.2, -0.15) is 0 Å². The number of rotatable bonds is 5. The number of esters is 1. The Kier molecular flexibility index (Phi) is 5.29. The molecule has 0 unspecified atom stereocenters. The highest BCUT2D eigenvalue weighted by Gasteiger charge is 2.29. The van der Waals surface area contributed by atoms with Gasteiger partial charge in [-0.3, -0.25) is 0 Å². The Balaban J connectivity index is 0.000000136. The molecule has 4 aromatic heterocycles. The second-order valence-corrected chi connectivity index (χ2v) is 10.3. The minimum atomic E-state index is -0.911. The predicted molar refractivity (Wildman–Crippen MR) is 124 cm³/mol. The molecular weight excluding hydrogens is 448 g/mol. The molecule has 3 N–H and O–H groups in total. The van der Waals surface area contributed by atoms with E-state index in [1.165, 1.54) is 30.7 Å². The first kappa shape index (κ1) is 21.1. The van der Waals surface area contributed by atoms with Crippen LogP contribution in [0.15, 0.2) is 0 Å². The van der Waals surface area contributed by atoms with E-state index in [-0.39, 0.29) is 11.7 Å². The summed E-state index contributed by atoms with van der Waals surface area (Å²) in [4.78, 5) is 37.5. The zero-order chi connectivity index (χ0) is 22.6. The normalized spacial score (nSPS) is 15.7. The number of nitrogens with one attached hydrogen (secondary N) is 2. The molecule has 0 amide bonds. The van der Waals surface area contributed by atoms with E-state index in [1.807, 2.05) is 20.8 Å². The number of H-pyrrole nitrogens is 2. The quantitative estimate of drug-likeness (QED) is 0.330. The highest BCUT2D eigenvalue weighted by molar-refractivity contribution is 7.19. The van der Waals surface area contributed by atoms with E-state index in [0.717, 1.165) is 36.8 Å². The van der Waals surface area contributed by atoms with E-state index in [4.69, 9.17) is 9.84 Å². The number of hydrogen-bond acceptors (Lipinski definition) is 7. The van der Waals surface area contributed by atoms with Crippen LogP contribution in [0.3, 0.4) is 0 Å². The number of carbonyl (C=O) groups is 2. The monoisotopic (exact) mass is 472 g/mol. The lowest BCUT2D eigenvalue weighted by Gasteiger charge is -1.99. The molecule has 0 aromatic carbocycles. The predicted octanol–water partition coefficient (Wildman–Crippen LogP) is 5.50. The molecule has 0 atom stereocenters. The van der Waals surface area contributed by atoms with Crippen LogP contribution in [-0.2, 0) is 4.74 Å². The van der Waals surface area contributed by atoms with Crippen LogP contribution < -0.4 is 0 Å². The van der Waals surface area contributed by atoms with Gasteiger partial charge in [0.15, 0.2) is 0 Å². The Hall–Kier alpha value is -2.72. The summed E-state index contributed by atoms with van der Waals surface area (Å²) < 4.78 is 7.09. The van der Waals surface area contributed by atoms with Gasteiger partial charge in [0.2, 0.25) is 0 Å². The lowest BCUT2D eigenvalue weighted by Crippen LogP contribution is -2.06. The number of carbonyl (C=O) groups excluding carboxylic acids is 1. The van der Waals surface area contributed by atoms with Gasteiger partial charge in [-0.15, -0.1) is 22.7 Å². The summed E-state index contributed by atoms with van der Waals surface area (Å²) in [6.07, 6.45) is 4.95. The number of carboxylic acid groups (broad SMARTS) is 1. The fraction of sp³-hybridized carbons (Fsp3) is 0.455. The zero-order valence-corrected chi connectivity index (χ0v) is 19.7. The van der Waals surface area contributed by atoms with Gasteiger partial charge < -0.3 is 19.8 Å². The van der Waals surface area contributed by atoms with Crippen molar-refractivity contribution < 1.29 is 19.4 Å². The molecule has 0 spiro atoms. The molecule has 6 rings (SSSR count). The third-order valence-corrected chi connectivity index (χ3v) is 8.43. The Morgan fingerprint density at radius 1 is 0.938 bits per heavy atom. The van der Waals surface area contributed by atoms with Crippen molar-refractivity contribution in [3.05, 3.63) is 32.5 Å². The van der Waals surface area contributed by atoms with Crippen LogP contribution in [0, 0.1) is 13.8 Å². The van der Waals surface area contributed by atoms with Crippen molar-refractivity contribution in [3.8, 4) is 0 Å². The molecule has 168 valence electrons. The number of thiazole rings is 2. The maximum Gasteiger partial charge on any atom is 0.355 e. The van der Waals surface area contributed by atoms with Crippen molar-refractivity contribution in [3.63, 3.8) is 0 Å². The van der Waals surface area contributed by atoms with Crippen molar-refractivity contribution in [2.75, 3.05) is 6.61 Å². The van der Waals surface area contributed by atoms with Crippen molar-refractivity contribution in [1.82, 2.24) is 19.9 Å². The number of hydrogen-bond donors (Lipinski definition) is 3. The van der Waals surface area contributed by atoms with Crippen LogP contribution in [0.2, 0.25) is 0 Å². The molecule has 2 aliphatic rings. The molecule has 0 bridgehead atoms. The number of aryl methyl sites for hydroxylation is 2. The molecule has 4 heterocycles. The van der Waals surface area contributed by atoms with Gasteiger partial charge in [0.25, 0.3) is 0 Å². The molecule has 10 heteroatoms. The Labute approximate surface area is 192 Å². The maximum absolute atomic E-state index is 11.7. The maximum atomic E-state index is 11.7. The summed E-state index contributed by atoms with van der Waals surface area (Å²) in [6, 6.07) is 0. The van der Waals surface area contributed by atoms with E-state index in [9.17, 15) is 9.59 Å². The van der Waals surface area contributed by atoms with Crippen molar-refractivity contribution in [1.29, 1.82) is 0 Å². The van der Waals surface area contributed by atoms with E-state index >= 15 is 0 Å². The minimum Gasteiger partial charge on any atom is -0.477 e. The van der Waals surface area contributed by atoms with Crippen LogP contribution in [0.4, 0.5) is 0 Å². The fourth-order valence-electron chi connectivity index (χ4n) is 3.63. The second kappa shape index (κ2) is 8.00. The summed E-state index contributed by atoms with van der Waals surface area (Å²) in [5, 5.41) is 11.3. The van der Waals surface area contributed by atoms with Crippen molar-refractivity contribution in [2.45, 2.75) is 58.3 Å². The molecule has 32 heavy (non-hydrogen) atoms. The van der Waals surface area contributed by atoms with Gasteiger partial charge in [0, 0.05) is 23.0 Å². The number of ether oxygens (including phenoxy) is 1. The molecule has 0 radical (unpaired) electrons. The average molecular weight is 473 g/mol. The topological polar surface area (TPSA) is 121 Å². The summed E-state index contributed by atoms with van der Waals surface area (Å²) >= 11 is 3.33. The highest BCUT2D eigenvalue weighted by atomic mass is 32.1. The first-order chi connectivity index (χ1) is 15.4. The average Bonchev–Trinajstić information content (AvgIpc) is 3.65. The van der Waals surface area contributed by atoms with Crippen LogP contribution in [-0.4, -0.2) is 43.6 Å². The van der Waals surface area contributed by atoms with Crippen LogP contribution in [0.25, 0.3) is 20.7 Å². The van der Waals surface area contributed by atoms with Crippen molar-refractivity contribution in [2.24, 2.45) is 0 Å². The number of aromatic amines is 2. The Bertz CT molecular complexity index is 1340. The van der Waals surface area contributed by atoms with Crippen molar-refractivity contribution >= 4 is 55.3 Å². The fourth-order valence-corrected chi connectivity index (χ4v) is 6.03. The minimum absolute atomic E-state index is 0.270. The Morgan fingerprint density at radius 2 is 1.41 bits per heavy atom. The van der Waals surface area contributed by atoms with Gasteiger partial charge in [-0.25, -0.2) is 19.6 Å². The second-order valence-electron chi connectivity index (χ2n) is 8.28. The smallest absolute Gasteiger partial charge is 0.355 e. The van der Waals surface area contributed by atoms with E-state index in [0.29, 0.717) is 24.1 Å². The van der Waals surface area contributed by atoms with Gasteiger partial charge in [-0.1, -0.05) is 0 Å². The zero-order valence-electron chi connectivity index (χ0n) is 18.1. The summed E-state index contributed by atoms with van der Waals surface area (Å²) in [7, 11) is 0. The van der Waals surface area contributed by atoms with Gasteiger partial charge in [-0.05, 0) is 46.5 Å². The first-order valence-electron chi connectivity index (χ1n) is 10.8. The molecule has 8 nitrogen and oxygen atoms in total. The lowest BCUT2D eigenvalue weighted by molar-refractivity contribution is 0.0519. The molecule has 0 aliphatic heterocycles. The highest BCUT2D eigenvalue weighted by Crippen LogP contribution is 2.45. The lowest BCUT2D eigenvalue weighted by atomic mass is 10.3. The number of nitrogens with zero attached hydrogens (tertiary/aromatic N) is 2. The van der Waals surface area contributed by atoms with Crippen LogP contribution in [0.1, 0.15) is 86.6 Å².